The van der Waals surface area contributed by atoms with Crippen LogP contribution in [0.5, 0.6) is 0 Å². The number of aliphatic hydroxyl groups is 1. The molecule has 5 nitrogen and oxygen atoms in total. The Balaban J connectivity index is 2.02. The third-order valence-corrected chi connectivity index (χ3v) is 3.76. The van der Waals surface area contributed by atoms with Crippen LogP contribution < -0.4 is 11.1 Å². The van der Waals surface area contributed by atoms with E-state index in [4.69, 9.17) is 11.0 Å². The standard InChI is InChI=1S/C10H14N4OS/c11-5-7-8(12)14-16-9(7)13-6-10(15)3-1-2-4-10/h13,15H,1-4,6H2,(H2,12,14). The number of nitrogens with zero attached hydrogens (tertiary/aromatic N) is 2. The van der Waals surface area contributed by atoms with E-state index in [0.717, 1.165) is 37.2 Å². The SMILES string of the molecule is N#Cc1c(N)nsc1NCC1(O)CCCC1. The van der Waals surface area contributed by atoms with E-state index in [2.05, 4.69) is 9.69 Å². The van der Waals surface area contributed by atoms with Crippen LogP contribution in [0.3, 0.4) is 0 Å². The fourth-order valence-electron chi connectivity index (χ4n) is 1.99. The van der Waals surface area contributed by atoms with E-state index in [1.165, 1.54) is 0 Å². The van der Waals surface area contributed by atoms with Crippen molar-refractivity contribution in [3.8, 4) is 6.07 Å². The zero-order valence-electron chi connectivity index (χ0n) is 8.86. The van der Waals surface area contributed by atoms with Gasteiger partial charge in [0, 0.05) is 6.54 Å². The Morgan fingerprint density at radius 3 is 2.88 bits per heavy atom. The third kappa shape index (κ3) is 2.10. The molecular weight excluding hydrogens is 224 g/mol. The van der Waals surface area contributed by atoms with E-state index in [1.54, 1.807) is 0 Å². The number of nitriles is 1. The number of hydrogen-bond donors (Lipinski definition) is 3. The van der Waals surface area contributed by atoms with Crippen LogP contribution in [0.25, 0.3) is 0 Å². The van der Waals surface area contributed by atoms with Crippen LogP contribution in [-0.4, -0.2) is 21.6 Å². The summed E-state index contributed by atoms with van der Waals surface area (Å²) < 4.78 is 3.91. The summed E-state index contributed by atoms with van der Waals surface area (Å²) in [6.07, 6.45) is 3.76. The van der Waals surface area contributed by atoms with Crippen LogP contribution in [0.2, 0.25) is 0 Å². The molecule has 16 heavy (non-hydrogen) atoms. The first-order valence-electron chi connectivity index (χ1n) is 5.26. The van der Waals surface area contributed by atoms with Gasteiger partial charge in [0.15, 0.2) is 5.82 Å². The predicted octanol–water partition coefficient (Wildman–Crippen LogP) is 1.31. The van der Waals surface area contributed by atoms with Gasteiger partial charge in [-0.25, -0.2) is 0 Å². The second-order valence-corrected chi connectivity index (χ2v) is 4.94. The van der Waals surface area contributed by atoms with Gasteiger partial charge in [0.2, 0.25) is 0 Å². The molecule has 0 spiro atoms. The minimum atomic E-state index is -0.633. The van der Waals surface area contributed by atoms with Crippen molar-refractivity contribution >= 4 is 22.4 Å². The predicted molar refractivity (Wildman–Crippen MR) is 63.1 cm³/mol. The smallest absolute Gasteiger partial charge is 0.157 e. The summed E-state index contributed by atoms with van der Waals surface area (Å²) in [6.45, 7) is 0.462. The van der Waals surface area contributed by atoms with Gasteiger partial charge in [-0.2, -0.15) is 9.64 Å². The molecule has 86 valence electrons. The minimum Gasteiger partial charge on any atom is -0.388 e. The number of rotatable bonds is 3. The molecular formula is C10H14N4OS. The number of hydrogen-bond acceptors (Lipinski definition) is 6. The molecule has 0 unspecified atom stereocenters. The molecule has 2 rings (SSSR count). The van der Waals surface area contributed by atoms with Crippen molar-refractivity contribution < 1.29 is 5.11 Å². The Kier molecular flexibility index (Phi) is 2.99. The summed E-state index contributed by atoms with van der Waals surface area (Å²) in [4.78, 5) is 0. The number of nitrogens with one attached hydrogen (secondary N) is 1. The van der Waals surface area contributed by atoms with Gasteiger partial charge in [-0.15, -0.1) is 0 Å². The van der Waals surface area contributed by atoms with Gasteiger partial charge >= 0.3 is 0 Å². The molecule has 1 aromatic heterocycles. The van der Waals surface area contributed by atoms with Crippen LogP contribution >= 0.6 is 11.5 Å². The second kappa shape index (κ2) is 4.28. The quantitative estimate of drug-likeness (QED) is 0.738. The monoisotopic (exact) mass is 238 g/mol. The summed E-state index contributed by atoms with van der Waals surface area (Å²) in [6, 6.07) is 2.01. The van der Waals surface area contributed by atoms with Crippen molar-refractivity contribution in [2.45, 2.75) is 31.3 Å². The second-order valence-electron chi connectivity index (χ2n) is 4.17. The highest BCUT2D eigenvalue weighted by atomic mass is 32.1. The van der Waals surface area contributed by atoms with E-state index in [1.807, 2.05) is 6.07 Å². The first-order valence-corrected chi connectivity index (χ1v) is 6.03. The zero-order chi connectivity index (χ0) is 11.6. The van der Waals surface area contributed by atoms with Gasteiger partial charge < -0.3 is 16.2 Å². The van der Waals surface area contributed by atoms with Crippen molar-refractivity contribution in [2.24, 2.45) is 0 Å². The lowest BCUT2D eigenvalue weighted by molar-refractivity contribution is 0.0615. The lowest BCUT2D eigenvalue weighted by Gasteiger charge is -2.22. The average molecular weight is 238 g/mol. The topological polar surface area (TPSA) is 95.0 Å². The van der Waals surface area contributed by atoms with E-state index in [0.29, 0.717) is 17.1 Å². The van der Waals surface area contributed by atoms with Gasteiger partial charge in [-0.3, -0.25) is 0 Å². The molecule has 1 heterocycles. The highest BCUT2D eigenvalue weighted by molar-refractivity contribution is 7.10. The van der Waals surface area contributed by atoms with Gasteiger partial charge in [0.25, 0.3) is 0 Å². The average Bonchev–Trinajstić information content (AvgIpc) is 2.83. The Hall–Kier alpha value is -1.32. The summed E-state index contributed by atoms with van der Waals surface area (Å²) in [5.74, 6) is 0.258. The molecule has 0 aromatic carbocycles. The molecule has 1 aromatic rings. The van der Waals surface area contributed by atoms with Crippen LogP contribution in [0.15, 0.2) is 0 Å². The lowest BCUT2D eigenvalue weighted by Crippen LogP contribution is -2.33. The maximum Gasteiger partial charge on any atom is 0.157 e. The molecule has 6 heteroatoms. The molecule has 0 radical (unpaired) electrons. The molecule has 0 amide bonds. The maximum absolute atomic E-state index is 10.1. The number of anilines is 2. The van der Waals surface area contributed by atoms with Crippen LogP contribution in [0.1, 0.15) is 31.2 Å². The van der Waals surface area contributed by atoms with Crippen LogP contribution in [0, 0.1) is 11.3 Å². The zero-order valence-corrected chi connectivity index (χ0v) is 9.68. The minimum absolute atomic E-state index is 0.258. The Morgan fingerprint density at radius 2 is 2.25 bits per heavy atom. The lowest BCUT2D eigenvalue weighted by atomic mass is 10.0. The highest BCUT2D eigenvalue weighted by Crippen LogP contribution is 2.31. The molecule has 0 bridgehead atoms. The van der Waals surface area contributed by atoms with Gasteiger partial charge in [-0.05, 0) is 24.4 Å². The maximum atomic E-state index is 10.1. The Bertz CT molecular complexity index is 417. The molecule has 1 fully saturated rings. The van der Waals surface area contributed by atoms with E-state index in [-0.39, 0.29) is 5.82 Å². The normalized spacial score (nSPS) is 18.2. The highest BCUT2D eigenvalue weighted by Gasteiger charge is 2.31. The molecule has 0 saturated heterocycles. The van der Waals surface area contributed by atoms with Gasteiger partial charge in [-0.1, -0.05) is 12.8 Å². The van der Waals surface area contributed by atoms with Crippen molar-refractivity contribution in [3.63, 3.8) is 0 Å². The van der Waals surface area contributed by atoms with Crippen molar-refractivity contribution in [1.82, 2.24) is 4.37 Å². The fraction of sp³-hybridized carbons (Fsp3) is 0.600. The van der Waals surface area contributed by atoms with Gasteiger partial charge in [0.1, 0.15) is 16.6 Å². The Labute approximate surface area is 98.1 Å². The summed E-state index contributed by atoms with van der Waals surface area (Å²) in [5.41, 5.74) is 5.29. The van der Waals surface area contributed by atoms with Crippen LogP contribution in [-0.2, 0) is 0 Å². The molecule has 1 aliphatic carbocycles. The summed E-state index contributed by atoms with van der Waals surface area (Å²) in [7, 11) is 0. The van der Waals surface area contributed by atoms with Crippen molar-refractivity contribution in [2.75, 3.05) is 17.6 Å². The molecule has 1 saturated carbocycles. The molecule has 4 N–H and O–H groups in total. The Morgan fingerprint density at radius 1 is 1.56 bits per heavy atom. The first-order chi connectivity index (χ1) is 7.64. The van der Waals surface area contributed by atoms with E-state index < -0.39 is 5.60 Å². The van der Waals surface area contributed by atoms with E-state index in [9.17, 15) is 5.11 Å². The molecule has 0 aliphatic heterocycles. The van der Waals surface area contributed by atoms with Crippen LogP contribution in [0.4, 0.5) is 10.8 Å². The number of nitrogen functional groups attached to an aromatic ring is 1. The molecule has 0 atom stereocenters. The summed E-state index contributed by atoms with van der Waals surface area (Å²) >= 11 is 1.16. The fourth-order valence-corrected chi connectivity index (χ4v) is 2.64. The van der Waals surface area contributed by atoms with E-state index >= 15 is 0 Å². The largest absolute Gasteiger partial charge is 0.388 e. The van der Waals surface area contributed by atoms with Crippen molar-refractivity contribution in [1.29, 1.82) is 5.26 Å². The first kappa shape index (κ1) is 11.2. The number of aromatic nitrogens is 1. The van der Waals surface area contributed by atoms with Crippen molar-refractivity contribution in [3.05, 3.63) is 5.56 Å². The van der Waals surface area contributed by atoms with Gasteiger partial charge in [0.05, 0.1) is 5.60 Å². The summed E-state index contributed by atoms with van der Waals surface area (Å²) in [5, 5.41) is 22.7. The third-order valence-electron chi connectivity index (χ3n) is 2.94. The number of nitrogens with two attached hydrogens (primary N) is 1. The molecule has 1 aliphatic rings.